The Balaban J connectivity index is 1.53. The summed E-state index contributed by atoms with van der Waals surface area (Å²) in [5.41, 5.74) is -1.18. The van der Waals surface area contributed by atoms with Crippen LogP contribution in [0.25, 0.3) is 16.8 Å². The zero-order valence-electron chi connectivity index (χ0n) is 29.5. The largest absolute Gasteiger partial charge is 0.418 e. The first-order valence-electron chi connectivity index (χ1n) is 17.0. The molecule has 10 nitrogen and oxygen atoms in total. The highest BCUT2D eigenvalue weighted by atomic mass is 35.5. The van der Waals surface area contributed by atoms with Gasteiger partial charge in [0, 0.05) is 29.8 Å². The molecule has 0 fully saturated rings. The van der Waals surface area contributed by atoms with Crippen LogP contribution in [-0.2, 0) is 38.6 Å². The number of hydrogen-bond acceptors (Lipinski definition) is 7. The molecule has 0 aliphatic carbocycles. The van der Waals surface area contributed by atoms with Crippen LogP contribution in [0.1, 0.15) is 65.1 Å². The van der Waals surface area contributed by atoms with E-state index in [9.17, 15) is 36.4 Å². The van der Waals surface area contributed by atoms with Crippen LogP contribution in [0.15, 0.2) is 89.8 Å². The molecular weight excluding hydrogens is 762 g/mol. The number of carbonyl (C=O) groups excluding carboxylic acids is 2. The molecule has 0 saturated carbocycles. The molecule has 5 rings (SSSR count). The molecule has 2 amide bonds. The number of anilines is 1. The molecule has 1 aromatic heterocycles. The monoisotopic (exact) mass is 795 g/mol. The lowest BCUT2D eigenvalue weighted by molar-refractivity contribution is -0.137. The highest BCUT2D eigenvalue weighted by Crippen LogP contribution is 2.37. The molecule has 0 aliphatic rings. The average molecular weight is 796 g/mol. The smallest absolute Gasteiger partial charge is 0.372 e. The number of hydrogen-bond donors (Lipinski definition) is 2. The molecule has 0 aliphatic heterocycles. The SMILES string of the molecule is CCCCc1nn(-c2cc(NC(=O)COCC)ccc2C(F)(F)F)c(C#N)c1Cc1ccc(-c2ccccc2S(=O)(=O)NC(=O)c2ccccc2Cl)cc1F. The Hall–Kier alpha value is -5.56. The Labute approximate surface area is 319 Å². The average Bonchev–Trinajstić information content (AvgIpc) is 3.50. The van der Waals surface area contributed by atoms with Crippen molar-refractivity contribution < 1.29 is 40.3 Å². The Morgan fingerprint density at radius 1 is 1.00 bits per heavy atom. The molecular formula is C39H34ClF4N5O5S. The number of carbonyl (C=O) groups is 2. The van der Waals surface area contributed by atoms with Crippen LogP contribution in [0.3, 0.4) is 0 Å². The maximum atomic E-state index is 16.0. The number of ether oxygens (including phenoxy) is 1. The van der Waals surface area contributed by atoms with Crippen molar-refractivity contribution in [2.24, 2.45) is 0 Å². The van der Waals surface area contributed by atoms with Crippen molar-refractivity contribution in [2.45, 2.75) is 50.6 Å². The van der Waals surface area contributed by atoms with Gasteiger partial charge in [-0.2, -0.15) is 23.5 Å². The number of nitrogens with one attached hydrogen (secondary N) is 2. The summed E-state index contributed by atoms with van der Waals surface area (Å²) in [5, 5.41) is 17.3. The summed E-state index contributed by atoms with van der Waals surface area (Å²) >= 11 is 6.08. The fraction of sp³-hybridized carbons (Fsp3) is 0.231. The maximum Gasteiger partial charge on any atom is 0.418 e. The van der Waals surface area contributed by atoms with E-state index < -0.39 is 45.1 Å². The van der Waals surface area contributed by atoms with Crippen LogP contribution in [0.2, 0.25) is 5.02 Å². The fourth-order valence-corrected chi connectivity index (χ4v) is 7.22. The van der Waals surface area contributed by atoms with Crippen LogP contribution in [0, 0.1) is 17.1 Å². The molecule has 1 heterocycles. The van der Waals surface area contributed by atoms with Gasteiger partial charge in [-0.25, -0.2) is 22.2 Å². The third-order valence-corrected chi connectivity index (χ3v) is 10.2. The highest BCUT2D eigenvalue weighted by Gasteiger charge is 2.36. The Bertz CT molecular complexity index is 2390. The van der Waals surface area contributed by atoms with Gasteiger partial charge in [0.2, 0.25) is 5.91 Å². The number of aromatic nitrogens is 2. The summed E-state index contributed by atoms with van der Waals surface area (Å²) in [6.07, 6.45) is -3.59. The number of aryl methyl sites for hydroxylation is 1. The van der Waals surface area contributed by atoms with Crippen LogP contribution in [0.5, 0.6) is 0 Å². The first-order chi connectivity index (χ1) is 26.2. The lowest BCUT2D eigenvalue weighted by Crippen LogP contribution is -2.31. The van der Waals surface area contributed by atoms with Crippen molar-refractivity contribution in [1.29, 1.82) is 5.26 Å². The van der Waals surface area contributed by atoms with E-state index in [1.165, 1.54) is 54.6 Å². The maximum absolute atomic E-state index is 16.0. The molecule has 0 atom stereocenters. The van der Waals surface area contributed by atoms with Crippen molar-refractivity contribution in [2.75, 3.05) is 18.5 Å². The van der Waals surface area contributed by atoms with E-state index in [0.29, 0.717) is 12.8 Å². The number of alkyl halides is 3. The van der Waals surface area contributed by atoms with Crippen molar-refractivity contribution >= 4 is 39.1 Å². The molecule has 4 aromatic carbocycles. The molecule has 0 saturated heterocycles. The molecule has 16 heteroatoms. The quantitative estimate of drug-likeness (QED) is 0.108. The van der Waals surface area contributed by atoms with E-state index in [1.807, 2.05) is 17.7 Å². The summed E-state index contributed by atoms with van der Waals surface area (Å²) < 4.78 is 93.8. The number of nitriles is 1. The lowest BCUT2D eigenvalue weighted by Gasteiger charge is -2.16. The zero-order valence-corrected chi connectivity index (χ0v) is 31.1. The predicted octanol–water partition coefficient (Wildman–Crippen LogP) is 8.25. The van der Waals surface area contributed by atoms with Gasteiger partial charge in [-0.3, -0.25) is 9.59 Å². The van der Waals surface area contributed by atoms with E-state index >= 15 is 4.39 Å². The zero-order chi connectivity index (χ0) is 39.9. The second-order valence-electron chi connectivity index (χ2n) is 12.2. The molecule has 0 unspecified atom stereocenters. The molecule has 2 N–H and O–H groups in total. The molecule has 286 valence electrons. The van der Waals surface area contributed by atoms with E-state index in [4.69, 9.17) is 16.3 Å². The third-order valence-electron chi connectivity index (χ3n) is 8.45. The second-order valence-corrected chi connectivity index (χ2v) is 14.3. The summed E-state index contributed by atoms with van der Waals surface area (Å²) in [6.45, 7) is 3.50. The van der Waals surface area contributed by atoms with Gasteiger partial charge in [0.05, 0.1) is 32.4 Å². The highest BCUT2D eigenvalue weighted by molar-refractivity contribution is 7.90. The van der Waals surface area contributed by atoms with Crippen molar-refractivity contribution in [3.8, 4) is 22.9 Å². The van der Waals surface area contributed by atoms with Crippen LogP contribution >= 0.6 is 11.6 Å². The summed E-state index contributed by atoms with van der Waals surface area (Å²) in [7, 11) is -4.49. The number of amides is 2. The third kappa shape index (κ3) is 9.40. The van der Waals surface area contributed by atoms with Crippen molar-refractivity contribution in [3.05, 3.63) is 129 Å². The predicted molar refractivity (Wildman–Crippen MR) is 198 cm³/mol. The van der Waals surface area contributed by atoms with E-state index in [1.54, 1.807) is 13.0 Å². The van der Waals surface area contributed by atoms with Crippen LogP contribution in [0.4, 0.5) is 23.2 Å². The number of nitrogens with zero attached hydrogens (tertiary/aromatic N) is 3. The van der Waals surface area contributed by atoms with Crippen molar-refractivity contribution in [1.82, 2.24) is 14.5 Å². The molecule has 0 bridgehead atoms. The van der Waals surface area contributed by atoms with Crippen molar-refractivity contribution in [3.63, 3.8) is 0 Å². The van der Waals surface area contributed by atoms with Gasteiger partial charge in [0.15, 0.2) is 0 Å². The number of unbranched alkanes of at least 4 members (excludes halogenated alkanes) is 1. The van der Waals surface area contributed by atoms with Gasteiger partial charge in [-0.15, -0.1) is 0 Å². The Morgan fingerprint density at radius 3 is 2.40 bits per heavy atom. The van der Waals surface area contributed by atoms with Gasteiger partial charge in [-0.05, 0) is 73.4 Å². The van der Waals surface area contributed by atoms with E-state index in [2.05, 4.69) is 10.4 Å². The lowest BCUT2D eigenvalue weighted by atomic mass is 9.97. The van der Waals surface area contributed by atoms with Gasteiger partial charge in [0.25, 0.3) is 15.9 Å². The van der Waals surface area contributed by atoms with Crippen LogP contribution in [-0.4, -0.2) is 43.2 Å². The summed E-state index contributed by atoms with van der Waals surface area (Å²) in [5.74, 6) is -2.35. The minimum Gasteiger partial charge on any atom is -0.372 e. The van der Waals surface area contributed by atoms with E-state index in [0.717, 1.165) is 28.9 Å². The topological polar surface area (TPSA) is 143 Å². The molecule has 0 radical (unpaired) electrons. The number of benzene rings is 4. The Morgan fingerprint density at radius 2 is 1.73 bits per heavy atom. The number of halogens is 5. The second kappa shape index (κ2) is 17.3. The van der Waals surface area contributed by atoms with Gasteiger partial charge < -0.3 is 10.1 Å². The normalized spacial score (nSPS) is 11.6. The first kappa shape index (κ1) is 40.6. The van der Waals surface area contributed by atoms with Gasteiger partial charge >= 0.3 is 6.18 Å². The Kier molecular flexibility index (Phi) is 12.8. The summed E-state index contributed by atoms with van der Waals surface area (Å²) in [6, 6.07) is 20.4. The van der Waals surface area contributed by atoms with Gasteiger partial charge in [0.1, 0.15) is 24.2 Å². The molecule has 5 aromatic rings. The molecule has 0 spiro atoms. The number of sulfonamides is 1. The number of rotatable bonds is 14. The van der Waals surface area contributed by atoms with E-state index in [-0.39, 0.29) is 80.9 Å². The van der Waals surface area contributed by atoms with Gasteiger partial charge in [-0.1, -0.05) is 67.4 Å². The fourth-order valence-electron chi connectivity index (χ4n) is 5.80. The minimum atomic E-state index is -4.87. The standard InChI is InChI=1S/C39H34ClF4N5O5S/c1-3-5-13-33-29(35(22-45)49(47-33)34-21-26(46-37(50)23-54-4-2)17-18-30(34)39(42,43)44)19-25-16-15-24(20-32(25)41)27-10-7-9-14-36(27)55(52,53)48-38(51)28-11-6-8-12-31(28)40/h6-12,14-18,20-21H,3-5,13,19,23H2,1-2H3,(H,46,50)(H,48,51). The molecule has 55 heavy (non-hydrogen) atoms. The first-order valence-corrected chi connectivity index (χ1v) is 18.8. The van der Waals surface area contributed by atoms with Crippen LogP contribution < -0.4 is 10.0 Å². The minimum absolute atomic E-state index is 0.0103. The summed E-state index contributed by atoms with van der Waals surface area (Å²) in [4.78, 5) is 24.8.